The molecule has 0 fully saturated rings. The van der Waals surface area contributed by atoms with E-state index in [1.807, 2.05) is 35.7 Å². The minimum atomic E-state index is -0.647. The molecule has 6 nitrogen and oxygen atoms in total. The molecule has 1 aromatic carbocycles. The Morgan fingerprint density at radius 3 is 2.96 bits per heavy atom. The van der Waals surface area contributed by atoms with Crippen molar-refractivity contribution in [2.45, 2.75) is 24.9 Å². The number of ether oxygens (including phenoxy) is 1. The molecule has 25 heavy (non-hydrogen) atoms. The second-order valence-corrected chi connectivity index (χ2v) is 7.62. The summed E-state index contributed by atoms with van der Waals surface area (Å²) in [6.07, 6.45) is 0.826. The number of benzene rings is 1. The summed E-state index contributed by atoms with van der Waals surface area (Å²) in [5.41, 5.74) is 6.19. The number of carbonyl (C=O) groups excluding carboxylic acids is 2. The topological polar surface area (TPSA) is 93.5 Å². The first-order valence-corrected chi connectivity index (χ1v) is 9.51. The van der Waals surface area contributed by atoms with Crippen LogP contribution in [0, 0.1) is 0 Å². The third kappa shape index (κ3) is 4.52. The van der Waals surface area contributed by atoms with Gasteiger partial charge in [0.1, 0.15) is 5.75 Å². The highest BCUT2D eigenvalue weighted by atomic mass is 79.9. The molecule has 3 rings (SSSR count). The first-order valence-electron chi connectivity index (χ1n) is 7.84. The maximum atomic E-state index is 12.5. The summed E-state index contributed by atoms with van der Waals surface area (Å²) in [6.45, 7) is 0.549. The predicted octanol–water partition coefficient (Wildman–Crippen LogP) is 3.25. The third-order valence-corrected chi connectivity index (χ3v) is 5.42. The number of carbonyl (C=O) groups is 2. The summed E-state index contributed by atoms with van der Waals surface area (Å²) in [4.78, 5) is 24.7. The van der Waals surface area contributed by atoms with Crippen molar-refractivity contribution in [3.63, 3.8) is 0 Å². The summed E-state index contributed by atoms with van der Waals surface area (Å²) in [5.74, 6) is 0.634. The molecule has 2 atom stereocenters. The summed E-state index contributed by atoms with van der Waals surface area (Å²) in [7, 11) is 0. The predicted molar refractivity (Wildman–Crippen MR) is 99.5 cm³/mol. The number of amides is 3. The molecule has 0 aliphatic carbocycles. The molecule has 8 heteroatoms. The molecule has 4 N–H and O–H groups in total. The first kappa shape index (κ1) is 17.8. The second-order valence-electron chi connectivity index (χ2n) is 5.72. The number of primary amides is 1. The largest absolute Gasteiger partial charge is 0.493 e. The molecule has 0 bridgehead atoms. The second kappa shape index (κ2) is 7.88. The van der Waals surface area contributed by atoms with Crippen LogP contribution in [-0.4, -0.2) is 18.5 Å². The molecule has 2 heterocycles. The van der Waals surface area contributed by atoms with Crippen LogP contribution in [0.3, 0.4) is 0 Å². The Labute approximate surface area is 157 Å². The standard InChI is InChI=1S/C17H18BrN3O3S/c18-10-3-4-14-11(8-10)12(5-6-24-14)20-16(22)9-13(21-17(19)23)15-2-1-7-25-15/h1-4,7-8,12-13H,5-6,9H2,(H,20,22)(H3,19,21,23). The van der Waals surface area contributed by atoms with Crippen LogP contribution in [0.2, 0.25) is 0 Å². The van der Waals surface area contributed by atoms with Crippen molar-refractivity contribution in [3.8, 4) is 5.75 Å². The molecular weight excluding hydrogens is 406 g/mol. The van der Waals surface area contributed by atoms with Gasteiger partial charge in [-0.3, -0.25) is 4.79 Å². The van der Waals surface area contributed by atoms with E-state index in [0.29, 0.717) is 13.0 Å². The zero-order valence-corrected chi connectivity index (χ0v) is 15.7. The van der Waals surface area contributed by atoms with Crippen molar-refractivity contribution >= 4 is 39.2 Å². The van der Waals surface area contributed by atoms with Crippen LogP contribution in [0.15, 0.2) is 40.2 Å². The fourth-order valence-corrected chi connectivity index (χ4v) is 3.99. The lowest BCUT2D eigenvalue weighted by atomic mass is 10.00. The third-order valence-electron chi connectivity index (χ3n) is 3.94. The molecular formula is C17H18BrN3O3S. The van der Waals surface area contributed by atoms with Crippen molar-refractivity contribution in [2.24, 2.45) is 5.73 Å². The van der Waals surface area contributed by atoms with E-state index < -0.39 is 12.1 Å². The molecule has 0 radical (unpaired) electrons. The van der Waals surface area contributed by atoms with Gasteiger partial charge in [-0.1, -0.05) is 22.0 Å². The molecule has 132 valence electrons. The average molecular weight is 424 g/mol. The summed E-state index contributed by atoms with van der Waals surface area (Å²) in [6, 6.07) is 8.31. The highest BCUT2D eigenvalue weighted by Gasteiger charge is 2.25. The van der Waals surface area contributed by atoms with Crippen LogP contribution in [0.4, 0.5) is 4.79 Å². The number of rotatable bonds is 5. The summed E-state index contributed by atoms with van der Waals surface area (Å²) in [5, 5.41) is 7.57. The first-order chi connectivity index (χ1) is 12.0. The van der Waals surface area contributed by atoms with E-state index in [-0.39, 0.29) is 18.4 Å². The quantitative estimate of drug-likeness (QED) is 0.688. The van der Waals surface area contributed by atoms with Gasteiger partial charge in [-0.2, -0.15) is 0 Å². The van der Waals surface area contributed by atoms with Crippen molar-refractivity contribution in [2.75, 3.05) is 6.61 Å². The molecule has 1 aliphatic heterocycles. The highest BCUT2D eigenvalue weighted by Crippen LogP contribution is 2.34. The summed E-state index contributed by atoms with van der Waals surface area (Å²) >= 11 is 4.92. The number of thiophene rings is 1. The summed E-state index contributed by atoms with van der Waals surface area (Å²) < 4.78 is 6.57. The SMILES string of the molecule is NC(=O)NC(CC(=O)NC1CCOc2ccc(Br)cc21)c1cccs1. The normalized spacial score (nSPS) is 17.1. The van der Waals surface area contributed by atoms with Gasteiger partial charge in [0.2, 0.25) is 5.91 Å². The Bertz CT molecular complexity index is 767. The van der Waals surface area contributed by atoms with Crippen LogP contribution < -0.4 is 21.1 Å². The zero-order valence-electron chi connectivity index (χ0n) is 13.3. The number of urea groups is 1. The molecule has 0 saturated heterocycles. The monoisotopic (exact) mass is 423 g/mol. The fraction of sp³-hybridized carbons (Fsp3) is 0.294. The minimum absolute atomic E-state index is 0.119. The van der Waals surface area contributed by atoms with Gasteiger partial charge in [-0.05, 0) is 29.6 Å². The number of nitrogens with one attached hydrogen (secondary N) is 2. The molecule has 2 aromatic rings. The Balaban J connectivity index is 1.70. The Kier molecular flexibility index (Phi) is 5.60. The number of nitrogens with two attached hydrogens (primary N) is 1. The zero-order chi connectivity index (χ0) is 17.8. The average Bonchev–Trinajstić information content (AvgIpc) is 3.09. The lowest BCUT2D eigenvalue weighted by molar-refractivity contribution is -0.122. The van der Waals surface area contributed by atoms with E-state index in [0.717, 1.165) is 20.7 Å². The van der Waals surface area contributed by atoms with Gasteiger partial charge in [-0.25, -0.2) is 4.79 Å². The van der Waals surface area contributed by atoms with Crippen LogP contribution in [0.5, 0.6) is 5.75 Å². The molecule has 3 amide bonds. The van der Waals surface area contributed by atoms with E-state index in [1.54, 1.807) is 0 Å². The van der Waals surface area contributed by atoms with Crippen LogP contribution in [0.25, 0.3) is 0 Å². The van der Waals surface area contributed by atoms with Crippen molar-refractivity contribution in [1.82, 2.24) is 10.6 Å². The lowest BCUT2D eigenvalue weighted by Gasteiger charge is -2.27. The van der Waals surface area contributed by atoms with Gasteiger partial charge < -0.3 is 21.1 Å². The number of hydrogen-bond acceptors (Lipinski definition) is 4. The van der Waals surface area contributed by atoms with E-state index in [1.165, 1.54) is 11.3 Å². The lowest BCUT2D eigenvalue weighted by Crippen LogP contribution is -2.38. The van der Waals surface area contributed by atoms with Gasteiger partial charge in [0.15, 0.2) is 0 Å². The van der Waals surface area contributed by atoms with E-state index in [2.05, 4.69) is 26.6 Å². The molecule has 2 unspecified atom stereocenters. The van der Waals surface area contributed by atoms with Gasteiger partial charge in [-0.15, -0.1) is 11.3 Å². The van der Waals surface area contributed by atoms with E-state index in [4.69, 9.17) is 10.5 Å². The number of fused-ring (bicyclic) bond motifs is 1. The smallest absolute Gasteiger partial charge is 0.312 e. The van der Waals surface area contributed by atoms with Crippen molar-refractivity contribution in [3.05, 3.63) is 50.6 Å². The number of halogens is 1. The van der Waals surface area contributed by atoms with E-state index in [9.17, 15) is 9.59 Å². The van der Waals surface area contributed by atoms with E-state index >= 15 is 0 Å². The molecule has 0 spiro atoms. The number of hydrogen-bond donors (Lipinski definition) is 3. The van der Waals surface area contributed by atoms with Crippen molar-refractivity contribution < 1.29 is 14.3 Å². The van der Waals surface area contributed by atoms with Gasteiger partial charge >= 0.3 is 6.03 Å². The van der Waals surface area contributed by atoms with Crippen LogP contribution in [0.1, 0.15) is 35.4 Å². The molecule has 1 aliphatic rings. The minimum Gasteiger partial charge on any atom is -0.493 e. The molecule has 1 aromatic heterocycles. The maximum absolute atomic E-state index is 12.5. The maximum Gasteiger partial charge on any atom is 0.312 e. The Hall–Kier alpha value is -2.06. The van der Waals surface area contributed by atoms with Gasteiger partial charge in [0.05, 0.1) is 25.1 Å². The fourth-order valence-electron chi connectivity index (χ4n) is 2.84. The van der Waals surface area contributed by atoms with Gasteiger partial charge in [0, 0.05) is 21.3 Å². The van der Waals surface area contributed by atoms with Crippen molar-refractivity contribution in [1.29, 1.82) is 0 Å². The Morgan fingerprint density at radius 1 is 1.40 bits per heavy atom. The Morgan fingerprint density at radius 2 is 2.24 bits per heavy atom. The molecule has 0 saturated carbocycles. The van der Waals surface area contributed by atoms with Crippen LogP contribution in [-0.2, 0) is 4.79 Å². The van der Waals surface area contributed by atoms with Crippen LogP contribution >= 0.6 is 27.3 Å². The van der Waals surface area contributed by atoms with Gasteiger partial charge in [0.25, 0.3) is 0 Å². The highest BCUT2D eigenvalue weighted by molar-refractivity contribution is 9.10.